The first-order chi connectivity index (χ1) is 16.2. The molecule has 0 saturated carbocycles. The third kappa shape index (κ3) is 4.45. The lowest BCUT2D eigenvalue weighted by Crippen LogP contribution is -2.07. The molecule has 8 heteroatoms. The van der Waals surface area contributed by atoms with E-state index in [-0.39, 0.29) is 0 Å². The van der Waals surface area contributed by atoms with Gasteiger partial charge < -0.3 is 15.6 Å². The molecule has 0 unspecified atom stereocenters. The van der Waals surface area contributed by atoms with Crippen molar-refractivity contribution in [2.45, 2.75) is 20.0 Å². The lowest BCUT2D eigenvalue weighted by atomic mass is 10.1. The minimum absolute atomic E-state index is 0.368. The Morgan fingerprint density at radius 1 is 1.00 bits per heavy atom. The Kier molecular flexibility index (Phi) is 5.55. The summed E-state index contributed by atoms with van der Waals surface area (Å²) in [4.78, 5) is 9.01. The lowest BCUT2D eigenvalue weighted by Gasteiger charge is -2.09. The van der Waals surface area contributed by atoms with Crippen LogP contribution in [-0.2, 0) is 13.1 Å². The van der Waals surface area contributed by atoms with Gasteiger partial charge in [-0.1, -0.05) is 59.8 Å². The van der Waals surface area contributed by atoms with Crippen molar-refractivity contribution in [3.05, 3.63) is 95.9 Å². The van der Waals surface area contributed by atoms with Crippen LogP contribution < -0.4 is 11.1 Å². The minimum Gasteiger partial charge on any atom is -0.382 e. The van der Waals surface area contributed by atoms with Gasteiger partial charge in [0.15, 0.2) is 11.6 Å². The molecule has 0 aliphatic rings. The molecule has 0 aliphatic heterocycles. The second kappa shape index (κ2) is 8.96. The van der Waals surface area contributed by atoms with E-state index < -0.39 is 0 Å². The van der Waals surface area contributed by atoms with Gasteiger partial charge in [0.1, 0.15) is 17.7 Å². The summed E-state index contributed by atoms with van der Waals surface area (Å²) in [6, 6.07) is 22.0. The van der Waals surface area contributed by atoms with Gasteiger partial charge in [0.25, 0.3) is 0 Å². The number of benzene rings is 2. The van der Waals surface area contributed by atoms with Crippen molar-refractivity contribution in [1.29, 1.82) is 0 Å². The highest BCUT2D eigenvalue weighted by molar-refractivity contribution is 5.67. The predicted octanol–water partition coefficient (Wildman–Crippen LogP) is 4.55. The largest absolute Gasteiger partial charge is 0.382 e. The van der Waals surface area contributed by atoms with Crippen LogP contribution in [0.25, 0.3) is 22.9 Å². The number of nitrogens with one attached hydrogen (secondary N) is 1. The summed E-state index contributed by atoms with van der Waals surface area (Å²) in [7, 11) is 0. The number of anilines is 2. The topological polar surface area (TPSA) is 108 Å². The van der Waals surface area contributed by atoms with Crippen LogP contribution in [0.5, 0.6) is 0 Å². The Labute approximate surface area is 191 Å². The van der Waals surface area contributed by atoms with Crippen LogP contribution in [0, 0.1) is 6.92 Å². The van der Waals surface area contributed by atoms with Crippen LogP contribution in [0.15, 0.2) is 83.7 Å². The molecule has 5 rings (SSSR count). The highest BCUT2D eigenvalue weighted by Crippen LogP contribution is 2.26. The van der Waals surface area contributed by atoms with Crippen LogP contribution in [0.2, 0.25) is 0 Å². The number of nitrogens with zero attached hydrogens (tertiary/aromatic N) is 5. The zero-order valence-electron chi connectivity index (χ0n) is 18.1. The average molecular weight is 438 g/mol. The number of nitrogens with two attached hydrogens (primary N) is 1. The van der Waals surface area contributed by atoms with Crippen molar-refractivity contribution in [1.82, 2.24) is 24.9 Å². The van der Waals surface area contributed by atoms with Crippen LogP contribution in [0.1, 0.15) is 16.7 Å². The van der Waals surface area contributed by atoms with Crippen LogP contribution >= 0.6 is 0 Å². The van der Waals surface area contributed by atoms with E-state index in [9.17, 15) is 0 Å². The van der Waals surface area contributed by atoms with Gasteiger partial charge in [-0.3, -0.25) is 4.68 Å². The molecule has 33 heavy (non-hydrogen) atoms. The van der Waals surface area contributed by atoms with E-state index in [1.54, 1.807) is 18.5 Å². The van der Waals surface area contributed by atoms with E-state index in [0.29, 0.717) is 41.8 Å². The van der Waals surface area contributed by atoms with E-state index in [4.69, 9.17) is 15.4 Å². The predicted molar refractivity (Wildman–Crippen MR) is 127 cm³/mol. The van der Waals surface area contributed by atoms with Crippen molar-refractivity contribution in [3.8, 4) is 22.9 Å². The summed E-state index contributed by atoms with van der Waals surface area (Å²) in [5.74, 6) is 0.818. The number of nitrogen functional groups attached to an aromatic ring is 1. The molecule has 0 radical (unpaired) electrons. The van der Waals surface area contributed by atoms with Gasteiger partial charge in [0, 0.05) is 12.6 Å². The maximum Gasteiger partial charge on any atom is 0.182 e. The molecule has 3 heterocycles. The first-order valence-corrected chi connectivity index (χ1v) is 10.6. The Morgan fingerprint density at radius 2 is 1.82 bits per heavy atom. The molecule has 0 saturated heterocycles. The molecule has 3 aromatic heterocycles. The van der Waals surface area contributed by atoms with E-state index in [1.807, 2.05) is 53.2 Å². The molecule has 0 aliphatic carbocycles. The highest BCUT2D eigenvalue weighted by atomic mass is 16.5. The first-order valence-electron chi connectivity index (χ1n) is 10.6. The molecule has 8 nitrogen and oxygen atoms in total. The van der Waals surface area contributed by atoms with Crippen LogP contribution in [0.4, 0.5) is 11.5 Å². The van der Waals surface area contributed by atoms with Gasteiger partial charge in [-0.15, -0.1) is 0 Å². The zero-order chi connectivity index (χ0) is 22.6. The van der Waals surface area contributed by atoms with Crippen molar-refractivity contribution >= 4 is 11.5 Å². The van der Waals surface area contributed by atoms with E-state index in [2.05, 4.69) is 39.5 Å². The maximum atomic E-state index is 6.23. The number of hydrogen-bond donors (Lipinski definition) is 2. The van der Waals surface area contributed by atoms with Gasteiger partial charge in [0.2, 0.25) is 0 Å². The van der Waals surface area contributed by atoms with E-state index >= 15 is 0 Å². The standard InChI is InChI=1S/C25H23N7O/c1-17-7-5-6-10-19(17)16-32-23(20-11-12-33-31-20)13-21(30-32)25-28-15-22(24(26)29-25)27-14-18-8-3-2-4-9-18/h2-13,15,27H,14,16H2,1H3,(H2,26,28,29). The summed E-state index contributed by atoms with van der Waals surface area (Å²) in [5, 5.41) is 12.2. The quantitative estimate of drug-likeness (QED) is 0.385. The van der Waals surface area contributed by atoms with E-state index in [0.717, 1.165) is 16.8 Å². The fourth-order valence-electron chi connectivity index (χ4n) is 3.59. The fourth-order valence-corrected chi connectivity index (χ4v) is 3.59. The summed E-state index contributed by atoms with van der Waals surface area (Å²) in [6.45, 7) is 3.30. The monoisotopic (exact) mass is 437 g/mol. The van der Waals surface area contributed by atoms with Crippen molar-refractivity contribution in [2.24, 2.45) is 0 Å². The van der Waals surface area contributed by atoms with Gasteiger partial charge in [-0.2, -0.15) is 5.10 Å². The molecule has 0 fully saturated rings. The highest BCUT2D eigenvalue weighted by Gasteiger charge is 2.17. The summed E-state index contributed by atoms with van der Waals surface area (Å²) < 4.78 is 6.95. The van der Waals surface area contributed by atoms with Crippen LogP contribution in [-0.4, -0.2) is 24.9 Å². The SMILES string of the molecule is Cc1ccccc1Cn1nc(-c2ncc(NCc3ccccc3)c(N)n2)cc1-c1ccon1. The minimum atomic E-state index is 0.368. The second-order valence-electron chi connectivity index (χ2n) is 7.72. The third-order valence-electron chi connectivity index (χ3n) is 5.43. The maximum absolute atomic E-state index is 6.23. The number of aromatic nitrogens is 5. The van der Waals surface area contributed by atoms with Gasteiger partial charge >= 0.3 is 0 Å². The Balaban J connectivity index is 1.44. The van der Waals surface area contributed by atoms with Crippen molar-refractivity contribution in [2.75, 3.05) is 11.1 Å². The smallest absolute Gasteiger partial charge is 0.182 e. The molecule has 0 bridgehead atoms. The number of hydrogen-bond acceptors (Lipinski definition) is 7. The van der Waals surface area contributed by atoms with Crippen molar-refractivity contribution < 1.29 is 4.52 Å². The molecule has 0 amide bonds. The van der Waals surface area contributed by atoms with Gasteiger partial charge in [0.05, 0.1) is 24.1 Å². The summed E-state index contributed by atoms with van der Waals surface area (Å²) >= 11 is 0. The van der Waals surface area contributed by atoms with E-state index in [1.165, 1.54) is 5.56 Å². The molecule has 3 N–H and O–H groups in total. The number of rotatable bonds is 7. The molecule has 2 aromatic carbocycles. The molecule has 0 atom stereocenters. The van der Waals surface area contributed by atoms with Gasteiger partial charge in [-0.25, -0.2) is 9.97 Å². The Bertz CT molecular complexity index is 1360. The lowest BCUT2D eigenvalue weighted by molar-refractivity contribution is 0.421. The molecular formula is C25H23N7O. The average Bonchev–Trinajstić information content (AvgIpc) is 3.51. The molecule has 5 aromatic rings. The zero-order valence-corrected chi connectivity index (χ0v) is 18.1. The van der Waals surface area contributed by atoms with Crippen molar-refractivity contribution in [3.63, 3.8) is 0 Å². The van der Waals surface area contributed by atoms with Crippen LogP contribution in [0.3, 0.4) is 0 Å². The normalized spacial score (nSPS) is 10.9. The number of aryl methyl sites for hydroxylation is 1. The first kappa shape index (κ1) is 20.4. The fraction of sp³-hybridized carbons (Fsp3) is 0.120. The molecule has 0 spiro atoms. The molecular weight excluding hydrogens is 414 g/mol. The van der Waals surface area contributed by atoms with Gasteiger partial charge in [-0.05, 0) is 29.7 Å². The molecule has 164 valence electrons. The third-order valence-corrected chi connectivity index (χ3v) is 5.43. The second-order valence-corrected chi connectivity index (χ2v) is 7.72. The summed E-state index contributed by atoms with van der Waals surface area (Å²) in [6.07, 6.45) is 3.23. The Hall–Kier alpha value is -4.46. The Morgan fingerprint density at radius 3 is 2.58 bits per heavy atom. The summed E-state index contributed by atoms with van der Waals surface area (Å²) in [5.41, 5.74) is 12.5.